The number of nitrogens with one attached hydrogen (secondary N) is 1. The van der Waals surface area contributed by atoms with Gasteiger partial charge in [0.2, 0.25) is 0 Å². The molecule has 1 unspecified atom stereocenters. The topological polar surface area (TPSA) is 69.6 Å². The van der Waals surface area contributed by atoms with Crippen LogP contribution in [0.15, 0.2) is 24.3 Å². The van der Waals surface area contributed by atoms with Crippen LogP contribution in [-0.2, 0) is 17.8 Å². The molecule has 0 amide bonds. The highest BCUT2D eigenvalue weighted by molar-refractivity contribution is 5.76. The lowest BCUT2D eigenvalue weighted by molar-refractivity contribution is -0.156. The smallest absolute Gasteiger partial charge is 0.336 e. The highest BCUT2D eigenvalue weighted by Gasteiger charge is 2.28. The number of aliphatic hydroxyl groups is 1. The first-order chi connectivity index (χ1) is 7.95. The summed E-state index contributed by atoms with van der Waals surface area (Å²) in [6.07, 6.45) is 1.00. The van der Waals surface area contributed by atoms with Gasteiger partial charge in [-0.15, -0.1) is 0 Å². The van der Waals surface area contributed by atoms with E-state index < -0.39 is 11.6 Å². The number of hydrogen-bond donors (Lipinski definition) is 3. The summed E-state index contributed by atoms with van der Waals surface area (Å²) in [5.41, 5.74) is 0.623. The van der Waals surface area contributed by atoms with Crippen LogP contribution in [0.2, 0.25) is 0 Å². The Labute approximate surface area is 101 Å². The molecular formula is C13H19NO3. The van der Waals surface area contributed by atoms with E-state index in [0.29, 0.717) is 6.54 Å². The van der Waals surface area contributed by atoms with Gasteiger partial charge < -0.3 is 15.5 Å². The maximum atomic E-state index is 10.7. The van der Waals surface area contributed by atoms with Crippen molar-refractivity contribution in [3.8, 4) is 0 Å². The minimum atomic E-state index is -1.72. The fourth-order valence-electron chi connectivity index (χ4n) is 1.42. The maximum absolute atomic E-state index is 10.7. The number of carboxylic acid groups (broad SMARTS) is 1. The average molecular weight is 237 g/mol. The summed E-state index contributed by atoms with van der Waals surface area (Å²) in [5.74, 6) is -1.22. The van der Waals surface area contributed by atoms with Gasteiger partial charge >= 0.3 is 5.97 Å². The molecule has 0 heterocycles. The summed E-state index contributed by atoms with van der Waals surface area (Å²) in [4.78, 5) is 10.7. The molecule has 17 heavy (non-hydrogen) atoms. The Hall–Kier alpha value is -1.39. The van der Waals surface area contributed by atoms with Crippen LogP contribution in [-0.4, -0.2) is 28.3 Å². The molecule has 0 aliphatic rings. The van der Waals surface area contributed by atoms with Crippen LogP contribution in [0.1, 0.15) is 25.0 Å². The van der Waals surface area contributed by atoms with E-state index in [1.165, 1.54) is 12.5 Å². The molecule has 0 bridgehead atoms. The summed E-state index contributed by atoms with van der Waals surface area (Å²) < 4.78 is 0. The van der Waals surface area contributed by atoms with Gasteiger partial charge in [-0.05, 0) is 24.5 Å². The van der Waals surface area contributed by atoms with E-state index >= 15 is 0 Å². The first-order valence-electron chi connectivity index (χ1n) is 5.70. The summed E-state index contributed by atoms with van der Waals surface area (Å²) in [6, 6.07) is 8.10. The number of rotatable bonds is 6. The van der Waals surface area contributed by atoms with E-state index in [-0.39, 0.29) is 6.54 Å². The third-order valence-electron chi connectivity index (χ3n) is 2.69. The van der Waals surface area contributed by atoms with E-state index in [4.69, 9.17) is 5.11 Å². The van der Waals surface area contributed by atoms with Gasteiger partial charge in [0.05, 0.1) is 0 Å². The van der Waals surface area contributed by atoms with E-state index in [2.05, 4.69) is 12.2 Å². The predicted octanol–water partition coefficient (Wildman–Crippen LogP) is 1.17. The van der Waals surface area contributed by atoms with E-state index in [1.807, 2.05) is 24.3 Å². The molecule has 0 saturated heterocycles. The number of hydrogen-bond acceptors (Lipinski definition) is 3. The average Bonchev–Trinajstić information content (AvgIpc) is 2.29. The number of carbonyl (C=O) groups is 1. The highest BCUT2D eigenvalue weighted by Crippen LogP contribution is 2.06. The Balaban J connectivity index is 2.43. The molecule has 0 spiro atoms. The number of carboxylic acids is 1. The third-order valence-corrected chi connectivity index (χ3v) is 2.69. The van der Waals surface area contributed by atoms with Crippen LogP contribution in [0, 0.1) is 0 Å². The minimum Gasteiger partial charge on any atom is -0.479 e. The Kier molecular flexibility index (Phi) is 4.66. The van der Waals surface area contributed by atoms with E-state index in [0.717, 1.165) is 12.0 Å². The maximum Gasteiger partial charge on any atom is 0.336 e. The van der Waals surface area contributed by atoms with Gasteiger partial charge in [0.25, 0.3) is 0 Å². The zero-order valence-electron chi connectivity index (χ0n) is 10.2. The van der Waals surface area contributed by atoms with Crippen LogP contribution < -0.4 is 5.32 Å². The predicted molar refractivity (Wildman–Crippen MR) is 65.8 cm³/mol. The van der Waals surface area contributed by atoms with Crippen LogP contribution in [0.3, 0.4) is 0 Å². The quantitative estimate of drug-likeness (QED) is 0.694. The second-order valence-electron chi connectivity index (χ2n) is 4.35. The number of aryl methyl sites for hydroxylation is 1. The Morgan fingerprint density at radius 3 is 2.29 bits per heavy atom. The van der Waals surface area contributed by atoms with Gasteiger partial charge in [0.15, 0.2) is 5.60 Å². The molecule has 1 rings (SSSR count). The van der Waals surface area contributed by atoms with Crippen molar-refractivity contribution >= 4 is 5.97 Å². The van der Waals surface area contributed by atoms with Crippen molar-refractivity contribution in [2.24, 2.45) is 0 Å². The van der Waals surface area contributed by atoms with Gasteiger partial charge in [0, 0.05) is 13.1 Å². The molecule has 94 valence electrons. The van der Waals surface area contributed by atoms with Crippen molar-refractivity contribution in [2.45, 2.75) is 32.4 Å². The third kappa shape index (κ3) is 4.17. The molecule has 4 nitrogen and oxygen atoms in total. The minimum absolute atomic E-state index is 0.0257. The zero-order chi connectivity index (χ0) is 12.9. The van der Waals surface area contributed by atoms with Crippen molar-refractivity contribution < 1.29 is 15.0 Å². The molecule has 0 aliphatic heterocycles. The van der Waals surface area contributed by atoms with Gasteiger partial charge in [-0.2, -0.15) is 0 Å². The van der Waals surface area contributed by atoms with Crippen LogP contribution in [0.5, 0.6) is 0 Å². The first-order valence-corrected chi connectivity index (χ1v) is 5.70. The molecule has 1 aromatic carbocycles. The molecule has 3 N–H and O–H groups in total. The van der Waals surface area contributed by atoms with Crippen molar-refractivity contribution in [3.05, 3.63) is 35.4 Å². The largest absolute Gasteiger partial charge is 0.479 e. The highest BCUT2D eigenvalue weighted by atomic mass is 16.4. The van der Waals surface area contributed by atoms with Crippen LogP contribution >= 0.6 is 0 Å². The van der Waals surface area contributed by atoms with Gasteiger partial charge in [-0.3, -0.25) is 0 Å². The van der Waals surface area contributed by atoms with Crippen molar-refractivity contribution in [1.82, 2.24) is 5.32 Å². The lowest BCUT2D eigenvalue weighted by Crippen LogP contribution is -2.44. The monoisotopic (exact) mass is 237 g/mol. The van der Waals surface area contributed by atoms with Gasteiger partial charge in [-0.1, -0.05) is 31.2 Å². The fraction of sp³-hybridized carbons (Fsp3) is 0.462. The summed E-state index contributed by atoms with van der Waals surface area (Å²) in [7, 11) is 0. The SMILES string of the molecule is CCc1ccc(CNCC(C)(O)C(=O)O)cc1. The second kappa shape index (κ2) is 5.80. The number of aliphatic carboxylic acids is 1. The molecule has 0 saturated carbocycles. The molecule has 4 heteroatoms. The number of benzene rings is 1. The molecule has 0 fully saturated rings. The fourth-order valence-corrected chi connectivity index (χ4v) is 1.42. The summed E-state index contributed by atoms with van der Waals surface area (Å²) in [5, 5.41) is 21.1. The Bertz CT molecular complexity index is 371. The van der Waals surface area contributed by atoms with E-state index in [9.17, 15) is 9.90 Å². The van der Waals surface area contributed by atoms with E-state index in [1.54, 1.807) is 0 Å². The van der Waals surface area contributed by atoms with Crippen LogP contribution in [0.25, 0.3) is 0 Å². The molecular weight excluding hydrogens is 218 g/mol. The molecule has 0 aromatic heterocycles. The summed E-state index contributed by atoms with van der Waals surface area (Å²) in [6.45, 7) is 3.95. The molecule has 1 aromatic rings. The Morgan fingerprint density at radius 1 is 1.29 bits per heavy atom. The van der Waals surface area contributed by atoms with Crippen molar-refractivity contribution in [3.63, 3.8) is 0 Å². The van der Waals surface area contributed by atoms with Crippen LogP contribution in [0.4, 0.5) is 0 Å². The molecule has 0 aliphatic carbocycles. The van der Waals surface area contributed by atoms with Gasteiger partial charge in [-0.25, -0.2) is 4.79 Å². The lowest BCUT2D eigenvalue weighted by atomic mass is 10.1. The normalized spacial score (nSPS) is 14.3. The molecule has 1 atom stereocenters. The Morgan fingerprint density at radius 2 is 1.82 bits per heavy atom. The zero-order valence-corrected chi connectivity index (χ0v) is 10.2. The lowest BCUT2D eigenvalue weighted by Gasteiger charge is -2.18. The van der Waals surface area contributed by atoms with Gasteiger partial charge in [0.1, 0.15) is 0 Å². The first kappa shape index (κ1) is 13.7. The molecule has 0 radical (unpaired) electrons. The van der Waals surface area contributed by atoms with Crippen molar-refractivity contribution in [2.75, 3.05) is 6.54 Å². The van der Waals surface area contributed by atoms with Crippen molar-refractivity contribution in [1.29, 1.82) is 0 Å². The summed E-state index contributed by atoms with van der Waals surface area (Å²) >= 11 is 0. The second-order valence-corrected chi connectivity index (χ2v) is 4.35. The standard InChI is InChI=1S/C13H19NO3/c1-3-10-4-6-11(7-5-10)8-14-9-13(2,17)12(15)16/h4-7,14,17H,3,8-9H2,1-2H3,(H,15,16).